The van der Waals surface area contributed by atoms with Gasteiger partial charge in [-0.1, -0.05) is 12.1 Å². The molecule has 0 aliphatic carbocycles. The fourth-order valence-electron chi connectivity index (χ4n) is 2.50. The average Bonchev–Trinajstić information content (AvgIpc) is 2.67. The van der Waals surface area contributed by atoms with E-state index in [2.05, 4.69) is 0 Å². The molecule has 2 unspecified atom stereocenters. The van der Waals surface area contributed by atoms with Crippen molar-refractivity contribution in [3.05, 3.63) is 24.3 Å². The van der Waals surface area contributed by atoms with Crippen molar-refractivity contribution in [3.8, 4) is 5.75 Å². The Hall–Kier alpha value is -2.04. The van der Waals surface area contributed by atoms with E-state index in [9.17, 15) is 9.59 Å². The van der Waals surface area contributed by atoms with Crippen LogP contribution in [0.4, 0.5) is 5.69 Å². The maximum Gasteiger partial charge on any atom is 0.309 e. The first-order valence-corrected chi connectivity index (χ1v) is 5.45. The molecule has 0 saturated carbocycles. The lowest BCUT2D eigenvalue weighted by Crippen LogP contribution is -2.44. The van der Waals surface area contributed by atoms with Crippen LogP contribution < -0.4 is 9.64 Å². The van der Waals surface area contributed by atoms with Gasteiger partial charge in [-0.05, 0) is 12.1 Å². The third kappa shape index (κ3) is 1.39. The van der Waals surface area contributed by atoms with Gasteiger partial charge in [0.1, 0.15) is 12.4 Å². The molecular formula is C12H11NO4. The van der Waals surface area contributed by atoms with Crippen LogP contribution in [0.1, 0.15) is 6.42 Å². The lowest BCUT2D eigenvalue weighted by molar-refractivity contribution is -0.142. The number of carbonyl (C=O) groups is 2. The molecule has 2 heterocycles. The summed E-state index contributed by atoms with van der Waals surface area (Å²) in [6.45, 7) is 0.250. The molecule has 1 aromatic rings. The molecule has 1 fully saturated rings. The molecule has 0 aromatic heterocycles. The van der Waals surface area contributed by atoms with E-state index in [4.69, 9.17) is 9.84 Å². The van der Waals surface area contributed by atoms with Gasteiger partial charge in [-0.25, -0.2) is 0 Å². The standard InChI is InChI=1S/C12H11NO4/c14-11-5-7(12(15)16)9-6-17-10-4-2-1-3-8(10)13(9)11/h1-4,7,9H,5-6H2,(H,15,16). The van der Waals surface area contributed by atoms with Gasteiger partial charge in [0.25, 0.3) is 0 Å². The second kappa shape index (κ2) is 3.48. The SMILES string of the molecule is O=C(O)C1CC(=O)N2c3ccccc3OCC12. The summed E-state index contributed by atoms with van der Waals surface area (Å²) in [4.78, 5) is 24.5. The van der Waals surface area contributed by atoms with E-state index in [0.717, 1.165) is 0 Å². The van der Waals surface area contributed by atoms with Gasteiger partial charge in [0.2, 0.25) is 5.91 Å². The Kier molecular flexibility index (Phi) is 2.07. The summed E-state index contributed by atoms with van der Waals surface area (Å²) in [6.07, 6.45) is 0.0533. The number of fused-ring (bicyclic) bond motifs is 3. The van der Waals surface area contributed by atoms with Crippen LogP contribution in [0.25, 0.3) is 0 Å². The number of nitrogens with zero attached hydrogens (tertiary/aromatic N) is 1. The number of rotatable bonds is 1. The van der Waals surface area contributed by atoms with Gasteiger partial charge in [0.15, 0.2) is 0 Å². The van der Waals surface area contributed by atoms with Crippen LogP contribution >= 0.6 is 0 Å². The quantitative estimate of drug-likeness (QED) is 0.782. The number of amides is 1. The highest BCUT2D eigenvalue weighted by Crippen LogP contribution is 2.40. The summed E-state index contributed by atoms with van der Waals surface area (Å²) in [5.41, 5.74) is 0.678. The third-order valence-corrected chi connectivity index (χ3v) is 3.31. The Bertz CT molecular complexity index is 499. The van der Waals surface area contributed by atoms with Crippen LogP contribution in [-0.4, -0.2) is 29.6 Å². The molecule has 1 saturated heterocycles. The van der Waals surface area contributed by atoms with Gasteiger partial charge in [-0.15, -0.1) is 0 Å². The van der Waals surface area contributed by atoms with Crippen LogP contribution in [-0.2, 0) is 9.59 Å². The normalized spacial score (nSPS) is 26.1. The Morgan fingerprint density at radius 1 is 1.41 bits per heavy atom. The van der Waals surface area contributed by atoms with Crippen molar-refractivity contribution in [1.29, 1.82) is 0 Å². The van der Waals surface area contributed by atoms with E-state index < -0.39 is 11.9 Å². The van der Waals surface area contributed by atoms with Gasteiger partial charge < -0.3 is 14.7 Å². The number of para-hydroxylation sites is 2. The number of benzene rings is 1. The molecule has 0 spiro atoms. The number of ether oxygens (including phenoxy) is 1. The number of carboxylic acid groups (broad SMARTS) is 1. The highest BCUT2D eigenvalue weighted by Gasteiger charge is 2.47. The lowest BCUT2D eigenvalue weighted by Gasteiger charge is -2.33. The molecule has 5 heteroatoms. The molecule has 2 aliphatic rings. The van der Waals surface area contributed by atoms with E-state index in [0.29, 0.717) is 11.4 Å². The van der Waals surface area contributed by atoms with Crippen molar-refractivity contribution in [2.24, 2.45) is 5.92 Å². The van der Waals surface area contributed by atoms with Gasteiger partial charge in [-0.3, -0.25) is 9.59 Å². The molecule has 3 rings (SSSR count). The van der Waals surface area contributed by atoms with E-state index in [1.54, 1.807) is 17.0 Å². The fraction of sp³-hybridized carbons (Fsp3) is 0.333. The van der Waals surface area contributed by atoms with Crippen molar-refractivity contribution >= 4 is 17.6 Å². The van der Waals surface area contributed by atoms with E-state index in [1.807, 2.05) is 12.1 Å². The van der Waals surface area contributed by atoms with Gasteiger partial charge >= 0.3 is 5.97 Å². The summed E-state index contributed by atoms with van der Waals surface area (Å²) in [7, 11) is 0. The number of hydrogen-bond donors (Lipinski definition) is 1. The second-order valence-electron chi connectivity index (χ2n) is 4.26. The highest BCUT2D eigenvalue weighted by atomic mass is 16.5. The van der Waals surface area contributed by atoms with Crippen LogP contribution in [0.3, 0.4) is 0 Å². The number of anilines is 1. The zero-order chi connectivity index (χ0) is 12.0. The Labute approximate surface area is 97.6 Å². The summed E-state index contributed by atoms with van der Waals surface area (Å²) in [5, 5.41) is 9.08. The van der Waals surface area contributed by atoms with Crippen molar-refractivity contribution in [1.82, 2.24) is 0 Å². The molecule has 2 aliphatic heterocycles. The zero-order valence-electron chi connectivity index (χ0n) is 9.00. The maximum atomic E-state index is 11.9. The fourth-order valence-corrected chi connectivity index (χ4v) is 2.50. The molecule has 1 amide bonds. The summed E-state index contributed by atoms with van der Waals surface area (Å²) in [6, 6.07) is 6.83. The van der Waals surface area contributed by atoms with E-state index >= 15 is 0 Å². The minimum atomic E-state index is -0.936. The molecule has 88 valence electrons. The maximum absolute atomic E-state index is 11.9. The molecule has 17 heavy (non-hydrogen) atoms. The zero-order valence-corrected chi connectivity index (χ0v) is 9.00. The van der Waals surface area contributed by atoms with Crippen molar-refractivity contribution < 1.29 is 19.4 Å². The summed E-state index contributed by atoms with van der Waals surface area (Å²) in [5.74, 6) is -1.11. The van der Waals surface area contributed by atoms with E-state index in [1.165, 1.54) is 0 Å². The molecule has 0 radical (unpaired) electrons. The second-order valence-corrected chi connectivity index (χ2v) is 4.26. The number of carboxylic acids is 1. The molecule has 5 nitrogen and oxygen atoms in total. The first kappa shape index (κ1) is 10.1. The molecule has 1 aromatic carbocycles. The van der Waals surface area contributed by atoms with Gasteiger partial charge in [0.05, 0.1) is 17.6 Å². The lowest BCUT2D eigenvalue weighted by atomic mass is 10.0. The predicted molar refractivity (Wildman–Crippen MR) is 59.0 cm³/mol. The van der Waals surface area contributed by atoms with Crippen LogP contribution in [0.5, 0.6) is 5.75 Å². The van der Waals surface area contributed by atoms with Crippen LogP contribution in [0, 0.1) is 5.92 Å². The first-order chi connectivity index (χ1) is 8.18. The summed E-state index contributed by atoms with van der Waals surface area (Å²) < 4.78 is 5.51. The number of hydrogen-bond acceptors (Lipinski definition) is 3. The average molecular weight is 233 g/mol. The van der Waals surface area contributed by atoms with E-state index in [-0.39, 0.29) is 25.0 Å². The smallest absolute Gasteiger partial charge is 0.309 e. The van der Waals surface area contributed by atoms with Crippen molar-refractivity contribution in [2.75, 3.05) is 11.5 Å². The first-order valence-electron chi connectivity index (χ1n) is 5.45. The van der Waals surface area contributed by atoms with Crippen molar-refractivity contribution in [2.45, 2.75) is 12.5 Å². The molecule has 1 N–H and O–H groups in total. The predicted octanol–water partition coefficient (Wildman–Crippen LogP) is 0.885. The largest absolute Gasteiger partial charge is 0.489 e. The molecule has 2 atom stereocenters. The number of carbonyl (C=O) groups excluding carboxylic acids is 1. The van der Waals surface area contributed by atoms with Gasteiger partial charge in [-0.2, -0.15) is 0 Å². The highest BCUT2D eigenvalue weighted by molar-refractivity contribution is 6.01. The minimum absolute atomic E-state index is 0.0533. The van der Waals surface area contributed by atoms with Crippen molar-refractivity contribution in [3.63, 3.8) is 0 Å². The minimum Gasteiger partial charge on any atom is -0.489 e. The van der Waals surface area contributed by atoms with Gasteiger partial charge in [0, 0.05) is 6.42 Å². The Balaban J connectivity index is 2.04. The monoisotopic (exact) mass is 233 g/mol. The summed E-state index contributed by atoms with van der Waals surface area (Å²) >= 11 is 0. The topological polar surface area (TPSA) is 66.8 Å². The number of aliphatic carboxylic acids is 1. The van der Waals surface area contributed by atoms with Crippen LogP contribution in [0.15, 0.2) is 24.3 Å². The molecule has 0 bridgehead atoms. The Morgan fingerprint density at radius 2 is 2.18 bits per heavy atom. The molecular weight excluding hydrogens is 222 g/mol. The third-order valence-electron chi connectivity index (χ3n) is 3.31. The Morgan fingerprint density at radius 3 is 2.94 bits per heavy atom. The van der Waals surface area contributed by atoms with Crippen LogP contribution in [0.2, 0.25) is 0 Å².